The van der Waals surface area contributed by atoms with E-state index in [2.05, 4.69) is 31.5 Å². The molecule has 0 atom stereocenters. The fourth-order valence-electron chi connectivity index (χ4n) is 2.23. The molecule has 27 heavy (non-hydrogen) atoms. The zero-order chi connectivity index (χ0) is 20.0. The van der Waals surface area contributed by atoms with Crippen molar-refractivity contribution in [3.05, 3.63) is 56.7 Å². The van der Waals surface area contributed by atoms with Crippen molar-refractivity contribution in [2.75, 3.05) is 30.8 Å². The molecule has 0 aliphatic carbocycles. The molecule has 0 saturated carbocycles. The van der Waals surface area contributed by atoms with E-state index in [0.29, 0.717) is 17.1 Å². The van der Waals surface area contributed by atoms with Crippen LogP contribution in [-0.2, 0) is 9.59 Å². The summed E-state index contributed by atoms with van der Waals surface area (Å²) in [5.74, 6) is -0.282. The number of nitro benzene ring substituents is 1. The van der Waals surface area contributed by atoms with E-state index in [-0.39, 0.29) is 30.6 Å². The number of pyridine rings is 1. The van der Waals surface area contributed by atoms with Crippen molar-refractivity contribution in [2.45, 2.75) is 6.92 Å². The molecular weight excluding hydrogens is 418 g/mol. The van der Waals surface area contributed by atoms with Gasteiger partial charge in [-0.15, -0.1) is 0 Å². The highest BCUT2D eigenvalue weighted by molar-refractivity contribution is 9.10. The largest absolute Gasteiger partial charge is 0.324 e. The number of aryl methyl sites for hydroxylation is 1. The second kappa shape index (κ2) is 9.19. The van der Waals surface area contributed by atoms with Crippen LogP contribution in [0, 0.1) is 17.0 Å². The molecule has 2 rings (SSSR count). The van der Waals surface area contributed by atoms with Crippen LogP contribution in [0.5, 0.6) is 0 Å². The lowest BCUT2D eigenvalue weighted by Crippen LogP contribution is -2.36. The molecule has 1 heterocycles. The molecule has 9 nitrogen and oxygen atoms in total. The van der Waals surface area contributed by atoms with E-state index in [0.717, 1.165) is 4.47 Å². The van der Waals surface area contributed by atoms with Crippen LogP contribution >= 0.6 is 15.9 Å². The second-order valence-corrected chi connectivity index (χ2v) is 6.80. The predicted molar refractivity (Wildman–Crippen MR) is 105 cm³/mol. The predicted octanol–water partition coefficient (Wildman–Crippen LogP) is 2.57. The van der Waals surface area contributed by atoms with E-state index >= 15 is 0 Å². The maximum Gasteiger partial charge on any atom is 0.271 e. The van der Waals surface area contributed by atoms with Gasteiger partial charge in [0.05, 0.1) is 23.7 Å². The van der Waals surface area contributed by atoms with Crippen LogP contribution in [0.3, 0.4) is 0 Å². The van der Waals surface area contributed by atoms with Gasteiger partial charge in [-0.1, -0.05) is 6.07 Å². The third kappa shape index (κ3) is 6.42. The number of carbonyl (C=O) groups is 2. The number of nitrogens with one attached hydrogen (secondary N) is 2. The zero-order valence-corrected chi connectivity index (χ0v) is 16.3. The van der Waals surface area contributed by atoms with Gasteiger partial charge >= 0.3 is 0 Å². The van der Waals surface area contributed by atoms with Gasteiger partial charge in [0.15, 0.2) is 0 Å². The Balaban J connectivity index is 1.88. The third-order valence-corrected chi connectivity index (χ3v) is 4.00. The number of nitrogens with zero attached hydrogens (tertiary/aromatic N) is 3. The van der Waals surface area contributed by atoms with E-state index in [1.54, 1.807) is 38.4 Å². The van der Waals surface area contributed by atoms with Crippen LogP contribution in [0.2, 0.25) is 0 Å². The quantitative estimate of drug-likeness (QED) is 0.509. The SMILES string of the molecule is Cc1ccc([N+](=O)[O-])cc1NC(=O)CN(C)CC(=O)Nc1ccc(Br)cn1. The van der Waals surface area contributed by atoms with E-state index in [4.69, 9.17) is 0 Å². The molecule has 0 radical (unpaired) electrons. The van der Waals surface area contributed by atoms with Gasteiger partial charge in [-0.3, -0.25) is 24.6 Å². The van der Waals surface area contributed by atoms with E-state index in [9.17, 15) is 19.7 Å². The van der Waals surface area contributed by atoms with Crippen molar-refractivity contribution < 1.29 is 14.5 Å². The van der Waals surface area contributed by atoms with Crippen LogP contribution in [0.4, 0.5) is 17.2 Å². The average Bonchev–Trinajstić information content (AvgIpc) is 2.58. The highest BCUT2D eigenvalue weighted by Gasteiger charge is 2.14. The molecule has 1 aromatic carbocycles. The van der Waals surface area contributed by atoms with Gasteiger partial charge in [0.2, 0.25) is 11.8 Å². The number of carbonyl (C=O) groups excluding carboxylic acids is 2. The standard InChI is InChI=1S/C17H18BrN5O4/c1-11-3-5-13(23(26)27)7-14(11)20-16(24)9-22(2)10-17(25)21-15-6-4-12(18)8-19-15/h3-8H,9-10H2,1-2H3,(H,20,24)(H,19,21,25). The number of hydrogen-bond donors (Lipinski definition) is 2. The number of aromatic nitrogens is 1. The normalized spacial score (nSPS) is 10.5. The minimum absolute atomic E-state index is 0.0148. The molecule has 0 unspecified atom stereocenters. The number of amides is 2. The highest BCUT2D eigenvalue weighted by atomic mass is 79.9. The maximum atomic E-state index is 12.2. The molecule has 0 aliphatic rings. The van der Waals surface area contributed by atoms with Crippen LogP contribution in [0.1, 0.15) is 5.56 Å². The first-order valence-corrected chi connectivity index (χ1v) is 8.68. The Labute approximate surface area is 164 Å². The van der Waals surface area contributed by atoms with Gasteiger partial charge in [0.1, 0.15) is 5.82 Å². The van der Waals surface area contributed by atoms with Crippen LogP contribution in [0.25, 0.3) is 0 Å². The molecule has 2 aromatic rings. The molecule has 10 heteroatoms. The lowest BCUT2D eigenvalue weighted by molar-refractivity contribution is -0.384. The number of rotatable bonds is 7. The van der Waals surface area contributed by atoms with Crippen molar-refractivity contribution in [3.63, 3.8) is 0 Å². The monoisotopic (exact) mass is 435 g/mol. The number of likely N-dealkylation sites (N-methyl/N-ethyl adjacent to an activating group) is 1. The van der Waals surface area contributed by atoms with Gasteiger partial charge in [-0.05, 0) is 47.6 Å². The first kappa shape index (κ1) is 20.5. The number of hydrogen-bond acceptors (Lipinski definition) is 6. The molecule has 2 amide bonds. The Morgan fingerprint density at radius 1 is 1.19 bits per heavy atom. The Bertz CT molecular complexity index is 857. The van der Waals surface area contributed by atoms with Crippen molar-refractivity contribution in [3.8, 4) is 0 Å². The molecule has 142 valence electrons. The molecule has 2 N–H and O–H groups in total. The van der Waals surface area contributed by atoms with Crippen LogP contribution in [-0.4, -0.2) is 46.8 Å². The summed E-state index contributed by atoms with van der Waals surface area (Å²) in [4.78, 5) is 40.1. The number of nitro groups is 1. The summed E-state index contributed by atoms with van der Waals surface area (Å²) in [6, 6.07) is 7.65. The summed E-state index contributed by atoms with van der Waals surface area (Å²) in [5, 5.41) is 16.1. The first-order chi connectivity index (χ1) is 12.7. The molecule has 0 saturated heterocycles. The summed E-state index contributed by atoms with van der Waals surface area (Å²) < 4.78 is 0.797. The van der Waals surface area contributed by atoms with Crippen molar-refractivity contribution in [1.29, 1.82) is 0 Å². The van der Waals surface area contributed by atoms with Gasteiger partial charge in [0, 0.05) is 22.8 Å². The minimum Gasteiger partial charge on any atom is -0.324 e. The summed E-state index contributed by atoms with van der Waals surface area (Å²) in [5.41, 5.74) is 0.965. The van der Waals surface area contributed by atoms with E-state index in [1.165, 1.54) is 17.0 Å². The molecule has 0 spiro atoms. The Morgan fingerprint density at radius 3 is 2.44 bits per heavy atom. The number of anilines is 2. The lowest BCUT2D eigenvalue weighted by atomic mass is 10.2. The topological polar surface area (TPSA) is 117 Å². The summed E-state index contributed by atoms with van der Waals surface area (Å²) in [6.07, 6.45) is 1.56. The van der Waals surface area contributed by atoms with E-state index in [1.807, 2.05) is 0 Å². The van der Waals surface area contributed by atoms with E-state index < -0.39 is 4.92 Å². The highest BCUT2D eigenvalue weighted by Crippen LogP contribution is 2.21. The molecule has 0 fully saturated rings. The number of non-ortho nitro benzene ring substituents is 1. The van der Waals surface area contributed by atoms with Crippen molar-refractivity contribution >= 4 is 44.9 Å². The molecular formula is C17H18BrN5O4. The van der Waals surface area contributed by atoms with Gasteiger partial charge in [0.25, 0.3) is 5.69 Å². The average molecular weight is 436 g/mol. The van der Waals surface area contributed by atoms with Gasteiger partial charge < -0.3 is 10.6 Å². The van der Waals surface area contributed by atoms with Crippen LogP contribution in [0.15, 0.2) is 41.0 Å². The minimum atomic E-state index is -0.526. The van der Waals surface area contributed by atoms with Gasteiger partial charge in [-0.2, -0.15) is 0 Å². The Kier molecular flexibility index (Phi) is 6.97. The fourth-order valence-corrected chi connectivity index (χ4v) is 2.46. The third-order valence-electron chi connectivity index (χ3n) is 3.53. The van der Waals surface area contributed by atoms with Crippen molar-refractivity contribution in [2.24, 2.45) is 0 Å². The molecule has 1 aromatic heterocycles. The second-order valence-electron chi connectivity index (χ2n) is 5.89. The fraction of sp³-hybridized carbons (Fsp3) is 0.235. The summed E-state index contributed by atoms with van der Waals surface area (Å²) in [7, 11) is 1.62. The molecule has 0 aliphatic heterocycles. The lowest BCUT2D eigenvalue weighted by Gasteiger charge is -2.16. The van der Waals surface area contributed by atoms with Gasteiger partial charge in [-0.25, -0.2) is 4.98 Å². The Hall–Kier alpha value is -2.85. The van der Waals surface area contributed by atoms with Crippen LogP contribution < -0.4 is 10.6 Å². The Morgan fingerprint density at radius 2 is 1.85 bits per heavy atom. The zero-order valence-electron chi connectivity index (χ0n) is 14.7. The number of halogens is 1. The summed E-state index contributed by atoms with van der Waals surface area (Å²) in [6.45, 7) is 1.67. The molecule has 0 bridgehead atoms. The first-order valence-electron chi connectivity index (χ1n) is 7.89. The maximum absolute atomic E-state index is 12.2. The summed E-state index contributed by atoms with van der Waals surface area (Å²) >= 11 is 3.26. The van der Waals surface area contributed by atoms with Crippen molar-refractivity contribution in [1.82, 2.24) is 9.88 Å². The smallest absolute Gasteiger partial charge is 0.271 e. The number of benzene rings is 1.